The monoisotopic (exact) mass is 236 g/mol. The van der Waals surface area contributed by atoms with Crippen molar-refractivity contribution in [2.75, 3.05) is 25.0 Å². The first kappa shape index (κ1) is 12.4. The van der Waals surface area contributed by atoms with Crippen LogP contribution in [0.2, 0.25) is 0 Å². The Hall–Kier alpha value is -1.03. The fourth-order valence-electron chi connectivity index (χ4n) is 2.77. The van der Waals surface area contributed by atoms with Crippen molar-refractivity contribution in [3.8, 4) is 0 Å². The Kier molecular flexibility index (Phi) is 3.43. The smallest absolute Gasteiger partial charge is 0.131 e. The van der Waals surface area contributed by atoms with Gasteiger partial charge in [0.15, 0.2) is 0 Å². The summed E-state index contributed by atoms with van der Waals surface area (Å²) in [4.78, 5) is 2.49. The molecule has 96 valence electrons. The van der Waals surface area contributed by atoms with E-state index in [2.05, 4.69) is 43.1 Å². The van der Waals surface area contributed by atoms with E-state index in [1.54, 1.807) is 0 Å². The number of rotatable bonds is 3. The zero-order valence-electron chi connectivity index (χ0n) is 11.6. The molecule has 0 bridgehead atoms. The first-order valence-corrected chi connectivity index (χ1v) is 6.46. The normalized spacial score (nSPS) is 24.6. The average Bonchev–Trinajstić information content (AvgIpc) is 2.70. The Bertz CT molecular complexity index is 386. The van der Waals surface area contributed by atoms with E-state index in [4.69, 9.17) is 0 Å². The van der Waals surface area contributed by atoms with Crippen molar-refractivity contribution in [3.05, 3.63) is 11.3 Å². The highest BCUT2D eigenvalue weighted by atomic mass is 15.4. The van der Waals surface area contributed by atoms with E-state index < -0.39 is 0 Å². The maximum absolute atomic E-state index is 4.56. The predicted molar refractivity (Wildman–Crippen MR) is 71.2 cm³/mol. The molecule has 1 fully saturated rings. The van der Waals surface area contributed by atoms with Gasteiger partial charge in [0.2, 0.25) is 0 Å². The van der Waals surface area contributed by atoms with E-state index in [1.165, 1.54) is 11.4 Å². The summed E-state index contributed by atoms with van der Waals surface area (Å²) in [5.41, 5.74) is 2.49. The van der Waals surface area contributed by atoms with E-state index in [-0.39, 0.29) is 0 Å². The topological polar surface area (TPSA) is 33.1 Å². The Morgan fingerprint density at radius 1 is 1.29 bits per heavy atom. The van der Waals surface area contributed by atoms with Gasteiger partial charge in [0, 0.05) is 32.2 Å². The molecule has 0 spiro atoms. The molecule has 17 heavy (non-hydrogen) atoms. The fraction of sp³-hybridized carbons (Fsp3) is 0.769. The Morgan fingerprint density at radius 3 is 2.41 bits per heavy atom. The first-order valence-electron chi connectivity index (χ1n) is 6.46. The van der Waals surface area contributed by atoms with Crippen molar-refractivity contribution in [3.63, 3.8) is 0 Å². The molecule has 1 N–H and O–H groups in total. The number of aromatic nitrogens is 2. The number of nitrogens with one attached hydrogen (secondary N) is 1. The van der Waals surface area contributed by atoms with Gasteiger partial charge in [-0.3, -0.25) is 4.68 Å². The molecule has 1 saturated heterocycles. The van der Waals surface area contributed by atoms with Crippen LogP contribution in [0.4, 0.5) is 5.82 Å². The van der Waals surface area contributed by atoms with Gasteiger partial charge in [-0.1, -0.05) is 13.8 Å². The second-order valence-electron chi connectivity index (χ2n) is 5.40. The standard InChI is InChI=1S/C13H24N4/c1-9-7-17(8-10(9)2)13-12(6-14-4)11(3)15-16(13)5/h9-10,14H,6-8H2,1-5H3. The summed E-state index contributed by atoms with van der Waals surface area (Å²) in [6.45, 7) is 9.97. The van der Waals surface area contributed by atoms with Crippen LogP contribution >= 0.6 is 0 Å². The minimum Gasteiger partial charge on any atom is -0.356 e. The molecule has 2 heterocycles. The largest absolute Gasteiger partial charge is 0.356 e. The maximum Gasteiger partial charge on any atom is 0.131 e. The third kappa shape index (κ3) is 2.18. The van der Waals surface area contributed by atoms with Crippen LogP contribution in [0.5, 0.6) is 0 Å². The number of nitrogens with zero attached hydrogens (tertiary/aromatic N) is 3. The van der Waals surface area contributed by atoms with Gasteiger partial charge in [-0.15, -0.1) is 0 Å². The van der Waals surface area contributed by atoms with Crippen LogP contribution in [0.1, 0.15) is 25.1 Å². The lowest BCUT2D eigenvalue weighted by molar-refractivity contribution is 0.494. The van der Waals surface area contributed by atoms with Crippen LogP contribution in [-0.2, 0) is 13.6 Å². The molecule has 1 aliphatic rings. The van der Waals surface area contributed by atoms with Gasteiger partial charge in [0.25, 0.3) is 0 Å². The highest BCUT2D eigenvalue weighted by Gasteiger charge is 2.29. The highest BCUT2D eigenvalue weighted by Crippen LogP contribution is 2.31. The van der Waals surface area contributed by atoms with Gasteiger partial charge in [0.05, 0.1) is 5.69 Å². The maximum atomic E-state index is 4.56. The summed E-state index contributed by atoms with van der Waals surface area (Å²) in [5, 5.41) is 7.80. The molecule has 1 aromatic heterocycles. The zero-order valence-corrected chi connectivity index (χ0v) is 11.6. The third-order valence-corrected chi connectivity index (χ3v) is 3.95. The van der Waals surface area contributed by atoms with E-state index in [0.717, 1.165) is 37.2 Å². The van der Waals surface area contributed by atoms with Gasteiger partial charge < -0.3 is 10.2 Å². The second-order valence-corrected chi connectivity index (χ2v) is 5.40. The summed E-state index contributed by atoms with van der Waals surface area (Å²) in [6.07, 6.45) is 0. The van der Waals surface area contributed by atoms with Crippen LogP contribution in [0.3, 0.4) is 0 Å². The van der Waals surface area contributed by atoms with Gasteiger partial charge in [-0.25, -0.2) is 0 Å². The van der Waals surface area contributed by atoms with Crippen molar-refractivity contribution < 1.29 is 0 Å². The van der Waals surface area contributed by atoms with Crippen molar-refractivity contribution in [2.24, 2.45) is 18.9 Å². The summed E-state index contributed by atoms with van der Waals surface area (Å²) >= 11 is 0. The molecule has 0 amide bonds. The van der Waals surface area contributed by atoms with Crippen LogP contribution in [0.25, 0.3) is 0 Å². The molecular formula is C13H24N4. The lowest BCUT2D eigenvalue weighted by Gasteiger charge is -2.20. The van der Waals surface area contributed by atoms with Crippen molar-refractivity contribution in [1.82, 2.24) is 15.1 Å². The van der Waals surface area contributed by atoms with E-state index in [0.29, 0.717) is 0 Å². The van der Waals surface area contributed by atoms with Crippen molar-refractivity contribution in [1.29, 1.82) is 0 Å². The van der Waals surface area contributed by atoms with Crippen LogP contribution < -0.4 is 10.2 Å². The van der Waals surface area contributed by atoms with Gasteiger partial charge in [-0.05, 0) is 25.8 Å². The molecule has 2 rings (SSSR count). The lowest BCUT2D eigenvalue weighted by Crippen LogP contribution is -2.24. The molecule has 0 aliphatic carbocycles. The zero-order chi connectivity index (χ0) is 12.6. The molecule has 1 aliphatic heterocycles. The second kappa shape index (κ2) is 4.69. The van der Waals surface area contributed by atoms with E-state index in [1.807, 2.05) is 11.7 Å². The number of hydrogen-bond acceptors (Lipinski definition) is 3. The lowest BCUT2D eigenvalue weighted by atomic mass is 10.0. The van der Waals surface area contributed by atoms with Gasteiger partial charge in [-0.2, -0.15) is 5.10 Å². The van der Waals surface area contributed by atoms with E-state index in [9.17, 15) is 0 Å². The summed E-state index contributed by atoms with van der Waals surface area (Å²) in [5.74, 6) is 2.84. The van der Waals surface area contributed by atoms with Crippen LogP contribution in [-0.4, -0.2) is 29.9 Å². The molecule has 2 atom stereocenters. The Balaban J connectivity index is 2.31. The van der Waals surface area contributed by atoms with Crippen LogP contribution in [0.15, 0.2) is 0 Å². The summed E-state index contributed by atoms with van der Waals surface area (Å²) in [6, 6.07) is 0. The number of aryl methyl sites for hydroxylation is 2. The summed E-state index contributed by atoms with van der Waals surface area (Å²) < 4.78 is 2.03. The van der Waals surface area contributed by atoms with Crippen molar-refractivity contribution in [2.45, 2.75) is 27.3 Å². The molecule has 0 radical (unpaired) electrons. The molecule has 0 saturated carbocycles. The number of hydrogen-bond donors (Lipinski definition) is 1. The van der Waals surface area contributed by atoms with E-state index >= 15 is 0 Å². The Morgan fingerprint density at radius 2 is 1.88 bits per heavy atom. The quantitative estimate of drug-likeness (QED) is 0.864. The number of anilines is 1. The predicted octanol–water partition coefficient (Wildman–Crippen LogP) is 1.54. The molecular weight excluding hydrogens is 212 g/mol. The fourth-order valence-corrected chi connectivity index (χ4v) is 2.77. The highest BCUT2D eigenvalue weighted by molar-refractivity contribution is 5.51. The first-order chi connectivity index (χ1) is 8.04. The third-order valence-electron chi connectivity index (χ3n) is 3.95. The molecule has 0 aromatic carbocycles. The molecule has 2 unspecified atom stereocenters. The average molecular weight is 236 g/mol. The van der Waals surface area contributed by atoms with Crippen LogP contribution in [0, 0.1) is 18.8 Å². The minimum absolute atomic E-state index is 0.771. The van der Waals surface area contributed by atoms with Gasteiger partial charge >= 0.3 is 0 Å². The minimum atomic E-state index is 0.771. The molecule has 4 nitrogen and oxygen atoms in total. The Labute approximate surface area is 104 Å². The van der Waals surface area contributed by atoms with Gasteiger partial charge in [0.1, 0.15) is 5.82 Å². The SMILES string of the molecule is CNCc1c(C)nn(C)c1N1CC(C)C(C)C1. The summed E-state index contributed by atoms with van der Waals surface area (Å²) in [7, 11) is 4.04. The molecule has 1 aromatic rings. The molecule has 4 heteroatoms. The van der Waals surface area contributed by atoms with Crippen molar-refractivity contribution >= 4 is 5.82 Å².